The van der Waals surface area contributed by atoms with Crippen molar-refractivity contribution in [1.29, 1.82) is 5.41 Å². The Labute approximate surface area is 136 Å². The summed E-state index contributed by atoms with van der Waals surface area (Å²) in [4.78, 5) is 9.18. The smallest absolute Gasteiger partial charge is 0.130 e. The average molecular weight is 363 g/mol. The van der Waals surface area contributed by atoms with Crippen LogP contribution in [0.1, 0.15) is 30.3 Å². The Morgan fingerprint density at radius 3 is 3.09 bits per heavy atom. The topological polar surface area (TPSA) is 55.8 Å². The van der Waals surface area contributed by atoms with Crippen molar-refractivity contribution in [2.24, 2.45) is 0 Å². The SMILES string of the molecule is N=C(/C=C\c1ncc(Br)[nH]1)N1CCCC1c1cccc(F)c1. The van der Waals surface area contributed by atoms with Gasteiger partial charge in [-0.15, -0.1) is 0 Å². The minimum atomic E-state index is -0.230. The number of benzene rings is 1. The van der Waals surface area contributed by atoms with Crippen LogP contribution < -0.4 is 0 Å². The molecule has 0 aliphatic carbocycles. The highest BCUT2D eigenvalue weighted by molar-refractivity contribution is 9.10. The third-order valence-electron chi connectivity index (χ3n) is 3.76. The molecule has 0 bridgehead atoms. The minimum absolute atomic E-state index is 0.0659. The van der Waals surface area contributed by atoms with Gasteiger partial charge in [0.15, 0.2) is 0 Å². The van der Waals surface area contributed by atoms with Crippen molar-refractivity contribution in [3.8, 4) is 0 Å². The molecule has 22 heavy (non-hydrogen) atoms. The molecular weight excluding hydrogens is 347 g/mol. The molecule has 4 nitrogen and oxygen atoms in total. The van der Waals surface area contributed by atoms with Crippen molar-refractivity contribution < 1.29 is 4.39 Å². The molecule has 0 radical (unpaired) electrons. The molecule has 1 atom stereocenters. The number of nitrogens with one attached hydrogen (secondary N) is 2. The van der Waals surface area contributed by atoms with E-state index in [4.69, 9.17) is 5.41 Å². The molecule has 1 saturated heterocycles. The quantitative estimate of drug-likeness (QED) is 0.636. The van der Waals surface area contributed by atoms with E-state index in [9.17, 15) is 4.39 Å². The first-order valence-corrected chi connectivity index (χ1v) is 7.92. The Morgan fingerprint density at radius 2 is 2.36 bits per heavy atom. The predicted molar refractivity (Wildman–Crippen MR) is 88.1 cm³/mol. The molecular formula is C16H16BrFN4. The number of nitrogens with zero attached hydrogens (tertiary/aromatic N) is 2. The summed E-state index contributed by atoms with van der Waals surface area (Å²) in [7, 11) is 0. The molecule has 6 heteroatoms. The van der Waals surface area contributed by atoms with E-state index < -0.39 is 0 Å². The van der Waals surface area contributed by atoms with Gasteiger partial charge in [-0.1, -0.05) is 12.1 Å². The number of likely N-dealkylation sites (tertiary alicyclic amines) is 1. The highest BCUT2D eigenvalue weighted by Crippen LogP contribution is 2.32. The maximum absolute atomic E-state index is 13.4. The van der Waals surface area contributed by atoms with Crippen LogP contribution in [-0.4, -0.2) is 27.2 Å². The van der Waals surface area contributed by atoms with Crippen molar-refractivity contribution in [3.63, 3.8) is 0 Å². The maximum atomic E-state index is 13.4. The Kier molecular flexibility index (Phi) is 4.38. The second-order valence-corrected chi connectivity index (χ2v) is 6.10. The highest BCUT2D eigenvalue weighted by Gasteiger charge is 2.27. The largest absolute Gasteiger partial charge is 0.350 e. The summed E-state index contributed by atoms with van der Waals surface area (Å²) in [6.45, 7) is 0.812. The lowest BCUT2D eigenvalue weighted by molar-refractivity contribution is 0.399. The molecule has 1 unspecified atom stereocenters. The van der Waals surface area contributed by atoms with Gasteiger partial charge in [-0.25, -0.2) is 9.37 Å². The molecule has 2 N–H and O–H groups in total. The lowest BCUT2D eigenvalue weighted by Crippen LogP contribution is -2.28. The monoisotopic (exact) mass is 362 g/mol. The summed E-state index contributed by atoms with van der Waals surface area (Å²) < 4.78 is 14.2. The zero-order valence-electron chi connectivity index (χ0n) is 11.9. The van der Waals surface area contributed by atoms with Gasteiger partial charge in [0.05, 0.1) is 12.2 Å². The van der Waals surface area contributed by atoms with Crippen LogP contribution >= 0.6 is 15.9 Å². The number of H-pyrrole nitrogens is 1. The van der Waals surface area contributed by atoms with Crippen LogP contribution in [0.3, 0.4) is 0 Å². The zero-order chi connectivity index (χ0) is 15.5. The van der Waals surface area contributed by atoms with E-state index in [0.29, 0.717) is 11.7 Å². The van der Waals surface area contributed by atoms with Gasteiger partial charge in [-0.3, -0.25) is 5.41 Å². The van der Waals surface area contributed by atoms with Crippen molar-refractivity contribution in [1.82, 2.24) is 14.9 Å². The maximum Gasteiger partial charge on any atom is 0.130 e. The molecule has 0 spiro atoms. The summed E-state index contributed by atoms with van der Waals surface area (Å²) in [5.41, 5.74) is 0.927. The first kappa shape index (κ1) is 15.0. The molecule has 3 rings (SSSR count). The van der Waals surface area contributed by atoms with Gasteiger partial charge in [-0.2, -0.15) is 0 Å². The molecule has 1 fully saturated rings. The molecule has 2 heterocycles. The molecule has 0 saturated carbocycles. The van der Waals surface area contributed by atoms with E-state index in [1.54, 1.807) is 30.5 Å². The summed E-state index contributed by atoms with van der Waals surface area (Å²) in [5.74, 6) is 0.879. The van der Waals surface area contributed by atoms with E-state index >= 15 is 0 Å². The van der Waals surface area contributed by atoms with Gasteiger partial charge >= 0.3 is 0 Å². The average Bonchev–Trinajstić information content (AvgIpc) is 3.13. The number of hydrogen-bond donors (Lipinski definition) is 2. The van der Waals surface area contributed by atoms with Gasteiger partial charge in [0.25, 0.3) is 0 Å². The van der Waals surface area contributed by atoms with Crippen molar-refractivity contribution in [2.75, 3.05) is 6.54 Å². The fraction of sp³-hybridized carbons (Fsp3) is 0.250. The first-order chi connectivity index (χ1) is 10.6. The number of rotatable bonds is 3. The molecule has 1 aliphatic rings. The standard InChI is InChI=1S/C16H16BrFN4/c17-14-10-20-16(21-14)7-6-15(19)22-8-2-5-13(22)11-3-1-4-12(18)9-11/h1,3-4,6-7,9-10,13,19H,2,5,8H2,(H,20,21)/b7-6-,19-15?. The first-order valence-electron chi connectivity index (χ1n) is 7.13. The van der Waals surface area contributed by atoms with E-state index in [1.165, 1.54) is 6.07 Å². The third-order valence-corrected chi connectivity index (χ3v) is 4.16. The second kappa shape index (κ2) is 6.44. The predicted octanol–water partition coefficient (Wildman–Crippen LogP) is 4.14. The number of halogens is 2. The second-order valence-electron chi connectivity index (χ2n) is 5.24. The van der Waals surface area contributed by atoms with Crippen LogP contribution in [0.25, 0.3) is 6.08 Å². The summed E-state index contributed by atoms with van der Waals surface area (Å²) in [6.07, 6.45) is 7.11. The van der Waals surface area contributed by atoms with E-state index in [2.05, 4.69) is 25.9 Å². The van der Waals surface area contributed by atoms with Gasteiger partial charge < -0.3 is 9.88 Å². The lowest BCUT2D eigenvalue weighted by Gasteiger charge is -2.26. The normalized spacial score (nSPS) is 18.3. The molecule has 2 aromatic rings. The van der Waals surface area contributed by atoms with E-state index in [-0.39, 0.29) is 11.9 Å². The number of aromatic nitrogens is 2. The zero-order valence-corrected chi connectivity index (χ0v) is 13.5. The number of imidazole rings is 1. The lowest BCUT2D eigenvalue weighted by atomic mass is 10.0. The summed E-state index contributed by atoms with van der Waals surface area (Å²) >= 11 is 3.30. The van der Waals surface area contributed by atoms with E-state index in [0.717, 1.165) is 29.6 Å². The third kappa shape index (κ3) is 3.27. The Hall–Kier alpha value is -1.95. The summed E-state index contributed by atoms with van der Waals surface area (Å²) in [5, 5.41) is 8.27. The molecule has 1 aliphatic heterocycles. The van der Waals surface area contributed by atoms with Gasteiger partial charge in [0.2, 0.25) is 0 Å². The fourth-order valence-electron chi connectivity index (χ4n) is 2.77. The fourth-order valence-corrected chi connectivity index (χ4v) is 3.07. The van der Waals surface area contributed by atoms with Crippen LogP contribution in [-0.2, 0) is 0 Å². The number of amidine groups is 1. The minimum Gasteiger partial charge on any atom is -0.350 e. The molecule has 0 amide bonds. The van der Waals surface area contributed by atoms with Crippen LogP contribution in [0.15, 0.2) is 41.1 Å². The van der Waals surface area contributed by atoms with Crippen molar-refractivity contribution in [3.05, 3.63) is 58.3 Å². The van der Waals surface area contributed by atoms with Crippen LogP contribution in [0.2, 0.25) is 0 Å². The Balaban J connectivity index is 1.75. The van der Waals surface area contributed by atoms with Crippen LogP contribution in [0.4, 0.5) is 4.39 Å². The van der Waals surface area contributed by atoms with E-state index in [1.807, 2.05) is 11.0 Å². The van der Waals surface area contributed by atoms with Crippen molar-refractivity contribution >= 4 is 27.8 Å². The number of hydrogen-bond acceptors (Lipinski definition) is 2. The van der Waals surface area contributed by atoms with Gasteiger partial charge in [0.1, 0.15) is 22.1 Å². The number of aromatic amines is 1. The Bertz CT molecular complexity index is 710. The van der Waals surface area contributed by atoms with Gasteiger partial charge in [-0.05, 0) is 58.6 Å². The molecule has 1 aromatic carbocycles. The van der Waals surface area contributed by atoms with Gasteiger partial charge in [0, 0.05) is 6.54 Å². The van der Waals surface area contributed by atoms with Crippen LogP contribution in [0, 0.1) is 11.2 Å². The van der Waals surface area contributed by atoms with Crippen molar-refractivity contribution in [2.45, 2.75) is 18.9 Å². The molecule has 114 valence electrons. The Morgan fingerprint density at radius 1 is 1.50 bits per heavy atom. The van der Waals surface area contributed by atoms with Crippen LogP contribution in [0.5, 0.6) is 0 Å². The molecule has 1 aromatic heterocycles. The summed E-state index contributed by atoms with van der Waals surface area (Å²) in [6, 6.07) is 6.72. The highest BCUT2D eigenvalue weighted by atomic mass is 79.9.